The van der Waals surface area contributed by atoms with Crippen molar-refractivity contribution in [2.75, 3.05) is 23.8 Å². The Labute approximate surface area is 277 Å². The molecule has 1 unspecified atom stereocenters. The van der Waals surface area contributed by atoms with Gasteiger partial charge in [-0.2, -0.15) is 0 Å². The molecule has 4 heterocycles. The van der Waals surface area contributed by atoms with Crippen molar-refractivity contribution in [2.45, 2.75) is 59.1 Å². The first-order chi connectivity index (χ1) is 23.1. The minimum Gasteiger partial charge on any atom is -0.492 e. The molecule has 0 aliphatic carbocycles. The maximum atomic E-state index is 13.1. The predicted octanol–water partition coefficient (Wildman–Crippen LogP) is 6.20. The van der Waals surface area contributed by atoms with Crippen molar-refractivity contribution in [3.63, 3.8) is 0 Å². The second kappa shape index (κ2) is 13.5. The number of hydrogen-bond donors (Lipinski definition) is 2. The molecule has 0 radical (unpaired) electrons. The molecule has 248 valence electrons. The number of hydrogen-bond acceptors (Lipinski definition) is 11. The number of rotatable bonds is 9. The third kappa shape index (κ3) is 7.43. The van der Waals surface area contributed by atoms with Gasteiger partial charge >= 0.3 is 6.09 Å². The number of fused-ring (bicyclic) bond motifs is 2. The lowest BCUT2D eigenvalue weighted by Gasteiger charge is -2.27. The summed E-state index contributed by atoms with van der Waals surface area (Å²) in [5.41, 5.74) is 2.77. The molecule has 3 aromatic heterocycles. The highest BCUT2D eigenvalue weighted by atomic mass is 16.6. The maximum absolute atomic E-state index is 13.1. The van der Waals surface area contributed by atoms with Crippen LogP contribution >= 0.6 is 0 Å². The fraction of sp³-hybridized carbons (Fsp3) is 0.324. The number of benzene rings is 2. The van der Waals surface area contributed by atoms with Crippen LogP contribution in [0.25, 0.3) is 16.6 Å². The molecule has 1 aliphatic rings. The molecule has 1 saturated heterocycles. The van der Waals surface area contributed by atoms with Gasteiger partial charge in [-0.3, -0.25) is 9.20 Å². The molecule has 1 fully saturated rings. The third-order valence-electron chi connectivity index (χ3n) is 7.51. The van der Waals surface area contributed by atoms with Gasteiger partial charge in [-0.25, -0.2) is 19.7 Å². The van der Waals surface area contributed by atoms with Gasteiger partial charge in [0.05, 0.1) is 23.9 Å². The van der Waals surface area contributed by atoms with E-state index in [1.807, 2.05) is 52.8 Å². The van der Waals surface area contributed by atoms with E-state index >= 15 is 0 Å². The summed E-state index contributed by atoms with van der Waals surface area (Å²) in [5.74, 6) is 1.69. The van der Waals surface area contributed by atoms with Crippen molar-refractivity contribution in [3.8, 4) is 17.4 Å². The van der Waals surface area contributed by atoms with Crippen LogP contribution in [-0.2, 0) is 9.53 Å². The molecule has 0 spiro atoms. The molecule has 0 bridgehead atoms. The van der Waals surface area contributed by atoms with Gasteiger partial charge in [0.1, 0.15) is 41.9 Å². The first-order valence-corrected chi connectivity index (χ1v) is 15.7. The minimum absolute atomic E-state index is 0.230. The molecule has 0 saturated carbocycles. The van der Waals surface area contributed by atoms with E-state index in [0.717, 1.165) is 24.1 Å². The van der Waals surface area contributed by atoms with Crippen molar-refractivity contribution in [3.05, 3.63) is 73.1 Å². The fourth-order valence-electron chi connectivity index (χ4n) is 5.33. The zero-order valence-corrected chi connectivity index (χ0v) is 27.4. The van der Waals surface area contributed by atoms with Crippen molar-refractivity contribution >= 4 is 45.7 Å². The molecule has 2 N–H and O–H groups in total. The Balaban J connectivity index is 1.19. The molecule has 48 heavy (non-hydrogen) atoms. The Morgan fingerprint density at radius 2 is 1.92 bits per heavy atom. The molecule has 1 aliphatic heterocycles. The normalized spacial score (nSPS) is 14.9. The summed E-state index contributed by atoms with van der Waals surface area (Å²) in [7, 11) is 0. The second-order valence-corrected chi connectivity index (χ2v) is 12.3. The summed E-state index contributed by atoms with van der Waals surface area (Å²) < 4.78 is 19.1. The van der Waals surface area contributed by atoms with Gasteiger partial charge in [-0.1, -0.05) is 6.08 Å². The van der Waals surface area contributed by atoms with E-state index in [9.17, 15) is 9.59 Å². The zero-order valence-electron chi connectivity index (χ0n) is 27.4. The van der Waals surface area contributed by atoms with Gasteiger partial charge in [0, 0.05) is 35.8 Å². The standard InChI is InChI=1S/C34H37N9O5/c1-6-46-28-16-25-24(15-26(28)40-30(44)12-10-23-8-7-13-43(23)33(45)48-34(3,4)5)32(36-18-35-25)39-22-9-11-27(21(2)14-22)47-31-17-29-41-38-20-42(29)19-37-31/h9-12,14-20,23H,6-8,13H2,1-5H3,(H,40,44)(H,35,36,39). The van der Waals surface area contributed by atoms with Crippen LogP contribution in [0.2, 0.25) is 0 Å². The monoisotopic (exact) mass is 651 g/mol. The van der Waals surface area contributed by atoms with Gasteiger partial charge in [-0.05, 0) is 77.3 Å². The van der Waals surface area contributed by atoms with E-state index < -0.39 is 5.60 Å². The van der Waals surface area contributed by atoms with Crippen LogP contribution in [0, 0.1) is 6.92 Å². The number of ether oxygens (including phenoxy) is 3. The van der Waals surface area contributed by atoms with E-state index in [4.69, 9.17) is 14.2 Å². The van der Waals surface area contributed by atoms with E-state index in [2.05, 4.69) is 35.8 Å². The maximum Gasteiger partial charge on any atom is 0.410 e. The van der Waals surface area contributed by atoms with Gasteiger partial charge in [-0.15, -0.1) is 10.2 Å². The smallest absolute Gasteiger partial charge is 0.410 e. The average molecular weight is 652 g/mol. The summed E-state index contributed by atoms with van der Waals surface area (Å²) in [6.07, 6.45) is 9.01. The highest BCUT2D eigenvalue weighted by molar-refractivity contribution is 6.03. The van der Waals surface area contributed by atoms with Gasteiger partial charge in [0.15, 0.2) is 5.65 Å². The lowest BCUT2D eigenvalue weighted by Crippen LogP contribution is -2.39. The Morgan fingerprint density at radius 3 is 2.71 bits per heavy atom. The Bertz CT molecular complexity index is 2000. The van der Waals surface area contributed by atoms with Crippen LogP contribution < -0.4 is 20.1 Å². The number of anilines is 3. The fourth-order valence-corrected chi connectivity index (χ4v) is 5.33. The molecule has 6 rings (SSSR count). The number of likely N-dealkylation sites (tertiary alicyclic amines) is 1. The van der Waals surface area contributed by atoms with E-state index in [-0.39, 0.29) is 18.0 Å². The predicted molar refractivity (Wildman–Crippen MR) is 180 cm³/mol. The second-order valence-electron chi connectivity index (χ2n) is 12.3. The minimum atomic E-state index is -0.599. The summed E-state index contributed by atoms with van der Waals surface area (Å²) >= 11 is 0. The van der Waals surface area contributed by atoms with Crippen molar-refractivity contribution in [2.24, 2.45) is 0 Å². The molecule has 2 amide bonds. The number of carbonyl (C=O) groups is 2. The van der Waals surface area contributed by atoms with E-state index in [0.29, 0.717) is 58.6 Å². The van der Waals surface area contributed by atoms with Gasteiger partial charge in [0.2, 0.25) is 11.8 Å². The molecular formula is C34H37N9O5. The lowest BCUT2D eigenvalue weighted by atomic mass is 10.1. The van der Waals surface area contributed by atoms with Crippen LogP contribution in [0.15, 0.2) is 67.5 Å². The molecule has 5 aromatic rings. The first-order valence-electron chi connectivity index (χ1n) is 15.7. The largest absolute Gasteiger partial charge is 0.492 e. The Morgan fingerprint density at radius 1 is 1.06 bits per heavy atom. The molecular weight excluding hydrogens is 614 g/mol. The Hall–Kier alpha value is -5.79. The third-order valence-corrected chi connectivity index (χ3v) is 7.51. The van der Waals surface area contributed by atoms with Crippen LogP contribution in [0.3, 0.4) is 0 Å². The number of amides is 2. The van der Waals surface area contributed by atoms with Crippen molar-refractivity contribution < 1.29 is 23.8 Å². The highest BCUT2D eigenvalue weighted by Crippen LogP contribution is 2.34. The molecule has 1 atom stereocenters. The average Bonchev–Trinajstić information content (AvgIpc) is 3.71. The number of nitrogens with zero attached hydrogens (tertiary/aromatic N) is 7. The summed E-state index contributed by atoms with van der Waals surface area (Å²) in [6.45, 7) is 10.3. The highest BCUT2D eigenvalue weighted by Gasteiger charge is 2.30. The van der Waals surface area contributed by atoms with Gasteiger partial charge < -0.3 is 29.7 Å². The molecule has 14 heteroatoms. The topological polar surface area (TPSA) is 158 Å². The number of carbonyl (C=O) groups excluding carboxylic acids is 2. The SMILES string of the molecule is CCOc1cc2ncnc(Nc3ccc(Oc4cc5nncn5cn4)c(C)c3)c2cc1NC(=O)C=CC1CCCN1C(=O)OC(C)(C)C. The van der Waals surface area contributed by atoms with Crippen LogP contribution in [-0.4, -0.2) is 71.2 Å². The zero-order chi connectivity index (χ0) is 33.8. The quantitative estimate of drug-likeness (QED) is 0.175. The summed E-state index contributed by atoms with van der Waals surface area (Å²) in [5, 5.41) is 14.9. The summed E-state index contributed by atoms with van der Waals surface area (Å²) in [6, 6.07) is 10.7. The molecule has 14 nitrogen and oxygen atoms in total. The van der Waals surface area contributed by atoms with Crippen molar-refractivity contribution in [1.82, 2.24) is 34.4 Å². The number of aryl methyl sites for hydroxylation is 1. The lowest BCUT2D eigenvalue weighted by molar-refractivity contribution is -0.112. The number of nitrogens with one attached hydrogen (secondary N) is 2. The van der Waals surface area contributed by atoms with Gasteiger partial charge in [0.25, 0.3) is 0 Å². The molecule has 2 aromatic carbocycles. The van der Waals surface area contributed by atoms with Crippen LogP contribution in [0.1, 0.15) is 46.1 Å². The van der Waals surface area contributed by atoms with Crippen LogP contribution in [0.4, 0.5) is 22.0 Å². The van der Waals surface area contributed by atoms with E-state index in [1.165, 1.54) is 12.4 Å². The first kappa shape index (κ1) is 32.2. The number of aromatic nitrogens is 6. The van der Waals surface area contributed by atoms with Crippen LogP contribution in [0.5, 0.6) is 17.4 Å². The van der Waals surface area contributed by atoms with Crippen molar-refractivity contribution in [1.29, 1.82) is 0 Å². The summed E-state index contributed by atoms with van der Waals surface area (Å²) in [4.78, 5) is 40.7. The Kier molecular flexibility index (Phi) is 9.06. The van der Waals surface area contributed by atoms with E-state index in [1.54, 1.807) is 46.2 Å².